The van der Waals surface area contributed by atoms with Gasteiger partial charge in [-0.3, -0.25) is 9.48 Å². The summed E-state index contributed by atoms with van der Waals surface area (Å²) in [7, 11) is 1.84. The van der Waals surface area contributed by atoms with E-state index < -0.39 is 0 Å². The highest BCUT2D eigenvalue weighted by molar-refractivity contribution is 5.94. The normalized spacial score (nSPS) is 21.3. The van der Waals surface area contributed by atoms with Crippen molar-refractivity contribution in [2.75, 3.05) is 6.54 Å². The second-order valence-electron chi connectivity index (χ2n) is 7.50. The highest BCUT2D eigenvalue weighted by Crippen LogP contribution is 2.32. The molecule has 0 fully saturated rings. The van der Waals surface area contributed by atoms with Crippen molar-refractivity contribution in [3.8, 4) is 6.07 Å². The smallest absolute Gasteiger partial charge is 0.272 e. The zero-order valence-corrected chi connectivity index (χ0v) is 16.0. The van der Waals surface area contributed by atoms with Crippen LogP contribution in [-0.2, 0) is 37.6 Å². The van der Waals surface area contributed by atoms with E-state index in [1.165, 1.54) is 5.56 Å². The number of amides is 1. The Kier molecular flexibility index (Phi) is 4.48. The summed E-state index contributed by atoms with van der Waals surface area (Å²) >= 11 is 0. The van der Waals surface area contributed by atoms with Gasteiger partial charge in [-0.15, -0.1) is 0 Å². The molecule has 2 aliphatic rings. The number of carbonyl (C=O) groups excluding carboxylic acids is 1. The molecule has 3 heterocycles. The quantitative estimate of drug-likeness (QED) is 0.821. The average molecular weight is 364 g/mol. The van der Waals surface area contributed by atoms with Crippen LogP contribution in [0.15, 0.2) is 18.2 Å². The number of ether oxygens (including phenoxy) is 1. The topological polar surface area (TPSA) is 71.2 Å². The number of hydrogen-bond donors (Lipinski definition) is 0. The van der Waals surface area contributed by atoms with Gasteiger partial charge in [-0.1, -0.05) is 18.2 Å². The first kappa shape index (κ1) is 17.7. The predicted molar refractivity (Wildman–Crippen MR) is 100 cm³/mol. The summed E-state index contributed by atoms with van der Waals surface area (Å²) in [5.41, 5.74) is 6.04. The summed E-state index contributed by atoms with van der Waals surface area (Å²) in [6.07, 6.45) is 1.91. The van der Waals surface area contributed by atoms with Gasteiger partial charge in [0.05, 0.1) is 30.4 Å². The molecule has 1 aromatic heterocycles. The molecule has 0 spiro atoms. The highest BCUT2D eigenvalue weighted by Gasteiger charge is 2.34. The number of aromatic nitrogens is 2. The van der Waals surface area contributed by atoms with Crippen LogP contribution in [0.2, 0.25) is 0 Å². The van der Waals surface area contributed by atoms with E-state index in [2.05, 4.69) is 17.2 Å². The Bertz CT molecular complexity index is 940. The van der Waals surface area contributed by atoms with Gasteiger partial charge in [-0.05, 0) is 37.0 Å². The van der Waals surface area contributed by atoms with Crippen LogP contribution in [0.25, 0.3) is 0 Å². The third-order valence-electron chi connectivity index (χ3n) is 5.61. The number of nitriles is 1. The van der Waals surface area contributed by atoms with Crippen LogP contribution in [0, 0.1) is 11.3 Å². The van der Waals surface area contributed by atoms with E-state index >= 15 is 0 Å². The van der Waals surface area contributed by atoms with Crippen LogP contribution in [0.3, 0.4) is 0 Å². The molecule has 2 aromatic rings. The number of nitrogens with zero attached hydrogens (tertiary/aromatic N) is 4. The molecule has 2 aliphatic heterocycles. The third kappa shape index (κ3) is 3.02. The van der Waals surface area contributed by atoms with Gasteiger partial charge in [0.25, 0.3) is 5.91 Å². The third-order valence-corrected chi connectivity index (χ3v) is 5.61. The maximum Gasteiger partial charge on any atom is 0.272 e. The molecule has 0 aliphatic carbocycles. The number of benzene rings is 1. The largest absolute Gasteiger partial charge is 0.369 e. The Balaban J connectivity index is 1.64. The zero-order valence-electron chi connectivity index (χ0n) is 16.0. The Hall–Kier alpha value is -2.65. The summed E-state index contributed by atoms with van der Waals surface area (Å²) in [5.74, 6) is 0.0314. The summed E-state index contributed by atoms with van der Waals surface area (Å²) in [6.45, 7) is 5.27. The van der Waals surface area contributed by atoms with Crippen molar-refractivity contribution < 1.29 is 9.53 Å². The van der Waals surface area contributed by atoms with Crippen molar-refractivity contribution in [3.63, 3.8) is 0 Å². The molecule has 2 atom stereocenters. The molecular weight excluding hydrogens is 340 g/mol. The number of aryl methyl sites for hydroxylation is 1. The Morgan fingerprint density at radius 3 is 2.96 bits per heavy atom. The second-order valence-corrected chi connectivity index (χ2v) is 7.50. The van der Waals surface area contributed by atoms with Crippen LogP contribution in [0.1, 0.15) is 58.4 Å². The summed E-state index contributed by atoms with van der Waals surface area (Å²) < 4.78 is 7.58. The average Bonchev–Trinajstić information content (AvgIpc) is 2.97. The first-order chi connectivity index (χ1) is 13.0. The van der Waals surface area contributed by atoms with Crippen LogP contribution < -0.4 is 0 Å². The van der Waals surface area contributed by atoms with Gasteiger partial charge in [-0.2, -0.15) is 10.4 Å². The van der Waals surface area contributed by atoms with Crippen LogP contribution in [0.4, 0.5) is 0 Å². The molecule has 0 radical (unpaired) electrons. The number of carbonyl (C=O) groups is 1. The number of rotatable bonds is 2. The molecular formula is C21H24N4O2. The summed E-state index contributed by atoms with van der Waals surface area (Å²) in [6, 6.07) is 8.29. The maximum absolute atomic E-state index is 13.4. The minimum atomic E-state index is -0.0906. The minimum Gasteiger partial charge on any atom is -0.369 e. The molecule has 1 aromatic carbocycles. The molecule has 6 nitrogen and oxygen atoms in total. The second kappa shape index (κ2) is 6.82. The van der Waals surface area contributed by atoms with E-state index in [1.54, 1.807) is 4.68 Å². The van der Waals surface area contributed by atoms with Gasteiger partial charge >= 0.3 is 0 Å². The molecule has 27 heavy (non-hydrogen) atoms. The van der Waals surface area contributed by atoms with Gasteiger partial charge in [0.15, 0.2) is 0 Å². The maximum atomic E-state index is 13.4. The minimum absolute atomic E-state index is 0.0314. The van der Waals surface area contributed by atoms with Crippen molar-refractivity contribution >= 4 is 5.91 Å². The van der Waals surface area contributed by atoms with E-state index in [-0.39, 0.29) is 18.1 Å². The highest BCUT2D eigenvalue weighted by atomic mass is 16.5. The lowest BCUT2D eigenvalue weighted by molar-refractivity contribution is -0.00714. The predicted octanol–water partition coefficient (Wildman–Crippen LogP) is 2.71. The summed E-state index contributed by atoms with van der Waals surface area (Å²) in [5, 5.41) is 13.6. The number of hydrogen-bond acceptors (Lipinski definition) is 4. The lowest BCUT2D eigenvalue weighted by atomic mass is 9.92. The number of fused-ring (bicyclic) bond motifs is 2. The lowest BCUT2D eigenvalue weighted by Gasteiger charge is -2.31. The van der Waals surface area contributed by atoms with E-state index in [4.69, 9.17) is 10.00 Å². The fourth-order valence-corrected chi connectivity index (χ4v) is 4.39. The van der Waals surface area contributed by atoms with Crippen LogP contribution in [-0.4, -0.2) is 33.2 Å². The molecule has 0 N–H and O–H groups in total. The van der Waals surface area contributed by atoms with Gasteiger partial charge in [0.1, 0.15) is 5.69 Å². The van der Waals surface area contributed by atoms with Crippen LogP contribution in [0.5, 0.6) is 0 Å². The molecule has 140 valence electrons. The molecule has 0 unspecified atom stereocenters. The molecule has 0 saturated heterocycles. The van der Waals surface area contributed by atoms with Gasteiger partial charge < -0.3 is 9.64 Å². The molecule has 0 bridgehead atoms. The first-order valence-electron chi connectivity index (χ1n) is 9.46. The van der Waals surface area contributed by atoms with Gasteiger partial charge in [0.2, 0.25) is 0 Å². The molecule has 4 rings (SSSR count). The van der Waals surface area contributed by atoms with E-state index in [9.17, 15) is 4.79 Å². The van der Waals surface area contributed by atoms with E-state index in [0.29, 0.717) is 31.6 Å². The van der Waals surface area contributed by atoms with E-state index in [1.807, 2.05) is 37.9 Å². The van der Waals surface area contributed by atoms with Crippen molar-refractivity contribution in [1.82, 2.24) is 14.7 Å². The fraction of sp³-hybridized carbons (Fsp3) is 0.476. The Morgan fingerprint density at radius 1 is 1.37 bits per heavy atom. The molecule has 0 saturated carbocycles. The zero-order chi connectivity index (χ0) is 19.1. The molecule has 6 heteroatoms. The van der Waals surface area contributed by atoms with Crippen molar-refractivity contribution in [3.05, 3.63) is 51.8 Å². The van der Waals surface area contributed by atoms with Crippen LogP contribution >= 0.6 is 0 Å². The van der Waals surface area contributed by atoms with Crippen molar-refractivity contribution in [1.29, 1.82) is 5.26 Å². The SMILES string of the molecule is C[C@@H]1Cc2c(nn(C)c2C(=O)N2CCc3c(CC#N)cccc3C2)[C@H](C)O1. The standard InChI is InChI=1S/C21H24N4O2/c1-13-11-18-19(14(2)27-13)23-24(3)20(18)21(26)25-10-8-17-15(7-9-22)5-4-6-16(17)12-25/h4-6,13-14H,7-8,10-12H2,1-3H3/t13-,14+/m1/s1. The summed E-state index contributed by atoms with van der Waals surface area (Å²) in [4.78, 5) is 15.3. The van der Waals surface area contributed by atoms with Gasteiger partial charge in [0, 0.05) is 32.1 Å². The molecule has 1 amide bonds. The lowest BCUT2D eigenvalue weighted by Crippen LogP contribution is -2.38. The van der Waals surface area contributed by atoms with E-state index in [0.717, 1.165) is 28.8 Å². The monoisotopic (exact) mass is 364 g/mol. The Labute approximate surface area is 159 Å². The van der Waals surface area contributed by atoms with Crippen molar-refractivity contribution in [2.45, 2.75) is 51.9 Å². The van der Waals surface area contributed by atoms with Crippen molar-refractivity contribution in [2.24, 2.45) is 7.05 Å². The fourth-order valence-electron chi connectivity index (χ4n) is 4.39. The van der Waals surface area contributed by atoms with Gasteiger partial charge in [-0.25, -0.2) is 0 Å². The first-order valence-corrected chi connectivity index (χ1v) is 9.46. The Morgan fingerprint density at radius 2 is 2.19 bits per heavy atom.